The van der Waals surface area contributed by atoms with Crippen molar-refractivity contribution in [3.8, 4) is 0 Å². The minimum Gasteiger partial charge on any atom is -0.442 e. The highest BCUT2D eigenvalue weighted by Gasteiger charge is 2.38. The molecule has 0 unspecified atom stereocenters. The molecule has 0 spiro atoms. The molecule has 140 valence electrons. The van der Waals surface area contributed by atoms with Crippen molar-refractivity contribution < 1.29 is 13.6 Å². The summed E-state index contributed by atoms with van der Waals surface area (Å²) < 4.78 is 18.8. The van der Waals surface area contributed by atoms with E-state index in [2.05, 4.69) is 27.5 Å². The predicted molar refractivity (Wildman–Crippen MR) is 100 cm³/mol. The number of amides is 1. The van der Waals surface area contributed by atoms with Gasteiger partial charge in [0.1, 0.15) is 23.7 Å². The Morgan fingerprint density at radius 3 is 2.63 bits per heavy atom. The number of carbonyl (C=O) groups excluding carboxylic acids is 1. The maximum Gasteiger partial charge on any atom is 0.256 e. The number of fused-ring (bicyclic) bond motifs is 1. The van der Waals surface area contributed by atoms with Gasteiger partial charge in [-0.3, -0.25) is 4.79 Å². The molecule has 1 aliphatic rings. The fourth-order valence-corrected chi connectivity index (χ4v) is 3.11. The number of anilines is 1. The summed E-state index contributed by atoms with van der Waals surface area (Å²) in [7, 11) is 0. The second-order valence-electron chi connectivity index (χ2n) is 7.37. The van der Waals surface area contributed by atoms with Gasteiger partial charge >= 0.3 is 0 Å². The molecule has 7 heteroatoms. The number of nitrogens with zero attached hydrogens (tertiary/aromatic N) is 2. The molecular weight excluding hydrogens is 347 g/mol. The van der Waals surface area contributed by atoms with E-state index in [9.17, 15) is 9.18 Å². The van der Waals surface area contributed by atoms with Gasteiger partial charge in [0.25, 0.3) is 5.91 Å². The largest absolute Gasteiger partial charge is 0.442 e. The summed E-state index contributed by atoms with van der Waals surface area (Å²) in [5.74, 6) is 0.506. The van der Waals surface area contributed by atoms with Crippen LogP contribution in [0.1, 0.15) is 54.4 Å². The minimum absolute atomic E-state index is 0.00159. The van der Waals surface area contributed by atoms with Crippen LogP contribution in [-0.2, 0) is 0 Å². The number of carbonyl (C=O) groups is 1. The molecule has 3 aromatic rings. The Balaban J connectivity index is 1.66. The zero-order chi connectivity index (χ0) is 19.2. The monoisotopic (exact) mass is 368 g/mol. The van der Waals surface area contributed by atoms with Gasteiger partial charge in [0.05, 0.1) is 17.0 Å². The van der Waals surface area contributed by atoms with Gasteiger partial charge in [-0.15, -0.1) is 0 Å². The fraction of sp³-hybridized carbons (Fsp3) is 0.350. The molecule has 0 bridgehead atoms. The number of furan rings is 1. The molecule has 1 saturated carbocycles. The number of benzene rings is 1. The molecule has 1 atom stereocenters. The van der Waals surface area contributed by atoms with E-state index in [0.29, 0.717) is 28.2 Å². The number of rotatable bonds is 5. The average Bonchev–Trinajstić information content (AvgIpc) is 3.23. The smallest absolute Gasteiger partial charge is 0.256 e. The molecule has 0 radical (unpaired) electrons. The topological polar surface area (TPSA) is 80.1 Å². The molecule has 6 nitrogen and oxygen atoms in total. The van der Waals surface area contributed by atoms with Crippen molar-refractivity contribution in [2.75, 3.05) is 5.32 Å². The fourth-order valence-electron chi connectivity index (χ4n) is 3.11. The van der Waals surface area contributed by atoms with Gasteiger partial charge in [-0.1, -0.05) is 12.1 Å². The van der Waals surface area contributed by atoms with E-state index in [0.717, 1.165) is 18.4 Å². The summed E-state index contributed by atoms with van der Waals surface area (Å²) in [6, 6.07) is 5.78. The Hall–Kier alpha value is -2.96. The Labute approximate surface area is 156 Å². The molecule has 0 aliphatic heterocycles. The van der Waals surface area contributed by atoms with Gasteiger partial charge < -0.3 is 15.1 Å². The van der Waals surface area contributed by atoms with Crippen molar-refractivity contribution in [2.24, 2.45) is 0 Å². The van der Waals surface area contributed by atoms with Gasteiger partial charge in [0.15, 0.2) is 0 Å². The van der Waals surface area contributed by atoms with Gasteiger partial charge in [-0.05, 0) is 51.3 Å². The third-order valence-electron chi connectivity index (χ3n) is 5.03. The zero-order valence-corrected chi connectivity index (χ0v) is 15.5. The highest BCUT2D eigenvalue weighted by Crippen LogP contribution is 2.40. The van der Waals surface area contributed by atoms with Gasteiger partial charge in [-0.25, -0.2) is 14.4 Å². The van der Waals surface area contributed by atoms with Crippen molar-refractivity contribution >= 4 is 22.8 Å². The Bertz CT molecular complexity index is 1010. The molecule has 1 aromatic carbocycles. The first-order chi connectivity index (χ1) is 12.9. The lowest BCUT2D eigenvalue weighted by Crippen LogP contribution is -2.27. The van der Waals surface area contributed by atoms with Crippen molar-refractivity contribution in [1.82, 2.24) is 15.3 Å². The number of nitrogens with one attached hydrogen (secondary N) is 2. The van der Waals surface area contributed by atoms with Crippen molar-refractivity contribution in [3.63, 3.8) is 0 Å². The minimum atomic E-state index is -0.310. The SMILES string of the molecule is Cc1oc2ncnc(NC3(C)CC3)c2c1C(=O)N[C@@H](C)c1ccc(F)cc1. The van der Waals surface area contributed by atoms with Crippen LogP contribution in [0.15, 0.2) is 35.0 Å². The van der Waals surface area contributed by atoms with Crippen molar-refractivity contribution in [2.45, 2.75) is 45.2 Å². The Morgan fingerprint density at radius 1 is 1.26 bits per heavy atom. The summed E-state index contributed by atoms with van der Waals surface area (Å²) in [6.07, 6.45) is 3.54. The molecule has 2 aromatic heterocycles. The van der Waals surface area contributed by atoms with E-state index >= 15 is 0 Å². The van der Waals surface area contributed by atoms with Crippen LogP contribution < -0.4 is 10.6 Å². The maximum absolute atomic E-state index is 13.1. The number of hydrogen-bond acceptors (Lipinski definition) is 5. The highest BCUT2D eigenvalue weighted by atomic mass is 19.1. The lowest BCUT2D eigenvalue weighted by Gasteiger charge is -2.16. The first kappa shape index (κ1) is 17.5. The van der Waals surface area contributed by atoms with E-state index in [4.69, 9.17) is 4.42 Å². The highest BCUT2D eigenvalue weighted by molar-refractivity contribution is 6.10. The van der Waals surface area contributed by atoms with E-state index in [1.54, 1.807) is 19.1 Å². The maximum atomic E-state index is 13.1. The second kappa shape index (κ2) is 6.33. The predicted octanol–water partition coefficient (Wildman–Crippen LogP) is 4.13. The van der Waals surface area contributed by atoms with Gasteiger partial charge in [-0.2, -0.15) is 0 Å². The van der Waals surface area contributed by atoms with Gasteiger partial charge in [0.2, 0.25) is 5.71 Å². The lowest BCUT2D eigenvalue weighted by atomic mass is 10.1. The third-order valence-corrected chi connectivity index (χ3v) is 5.03. The molecule has 1 aliphatic carbocycles. The molecule has 0 saturated heterocycles. The van der Waals surface area contributed by atoms with Crippen LogP contribution in [0.3, 0.4) is 0 Å². The molecule has 27 heavy (non-hydrogen) atoms. The second-order valence-corrected chi connectivity index (χ2v) is 7.37. The first-order valence-electron chi connectivity index (χ1n) is 8.95. The van der Waals surface area contributed by atoms with Crippen LogP contribution in [0.25, 0.3) is 11.1 Å². The van der Waals surface area contributed by atoms with Crippen LogP contribution in [-0.4, -0.2) is 21.4 Å². The molecule has 2 N–H and O–H groups in total. The zero-order valence-electron chi connectivity index (χ0n) is 15.5. The summed E-state index contributed by atoms with van der Waals surface area (Å²) in [6.45, 7) is 5.70. The molecule has 1 fully saturated rings. The van der Waals surface area contributed by atoms with E-state index in [1.807, 2.05) is 6.92 Å². The number of aryl methyl sites for hydroxylation is 1. The van der Waals surface area contributed by atoms with Crippen LogP contribution >= 0.6 is 0 Å². The summed E-state index contributed by atoms with van der Waals surface area (Å²) in [5.41, 5.74) is 1.62. The molecule has 4 rings (SSSR count). The van der Waals surface area contributed by atoms with E-state index in [-0.39, 0.29) is 23.3 Å². The summed E-state index contributed by atoms with van der Waals surface area (Å²) in [4.78, 5) is 21.5. The number of aromatic nitrogens is 2. The third kappa shape index (κ3) is 3.37. The van der Waals surface area contributed by atoms with Crippen LogP contribution in [0.5, 0.6) is 0 Å². The van der Waals surface area contributed by atoms with Gasteiger partial charge in [0, 0.05) is 5.54 Å². The normalized spacial score (nSPS) is 16.1. The summed E-state index contributed by atoms with van der Waals surface area (Å²) >= 11 is 0. The number of halogens is 1. The van der Waals surface area contributed by atoms with Crippen molar-refractivity contribution in [3.05, 3.63) is 53.3 Å². The van der Waals surface area contributed by atoms with Crippen LogP contribution in [0.2, 0.25) is 0 Å². The number of hydrogen-bond donors (Lipinski definition) is 2. The Kier molecular flexibility index (Phi) is 4.09. The van der Waals surface area contributed by atoms with E-state index in [1.165, 1.54) is 18.5 Å². The average molecular weight is 368 g/mol. The first-order valence-corrected chi connectivity index (χ1v) is 8.95. The molecule has 2 heterocycles. The van der Waals surface area contributed by atoms with Crippen molar-refractivity contribution in [1.29, 1.82) is 0 Å². The molecule has 1 amide bonds. The molecular formula is C20H21FN4O2. The van der Waals surface area contributed by atoms with Crippen LogP contribution in [0.4, 0.5) is 10.2 Å². The standard InChI is InChI=1S/C20H21FN4O2/c1-11(13-4-6-14(21)7-5-13)24-18(26)15-12(2)27-19-16(15)17(22-10-23-19)25-20(3)8-9-20/h4-7,10-11H,8-9H2,1-3H3,(H,24,26)(H,22,23,25)/t11-/m0/s1. The Morgan fingerprint density at radius 2 is 1.96 bits per heavy atom. The lowest BCUT2D eigenvalue weighted by molar-refractivity contribution is 0.0940. The quantitative estimate of drug-likeness (QED) is 0.708. The van der Waals surface area contributed by atoms with Crippen LogP contribution in [0, 0.1) is 12.7 Å². The summed E-state index contributed by atoms with van der Waals surface area (Å²) in [5, 5.41) is 6.94. The van der Waals surface area contributed by atoms with E-state index < -0.39 is 0 Å².